The number of nitrogens with zero attached hydrogens (tertiary/aromatic N) is 2. The molecule has 1 aromatic carbocycles. The second-order valence-electron chi connectivity index (χ2n) is 5.23. The Morgan fingerprint density at radius 3 is 2.36 bits per heavy atom. The molecule has 0 spiro atoms. The SMILES string of the molecule is CC(=O)N(CCC(=O)Nc1ccc(F)cc1F)CCN(C)C. The van der Waals surface area contributed by atoms with Crippen LogP contribution in [0, 0.1) is 11.6 Å². The molecule has 0 atom stereocenters. The molecule has 0 bridgehead atoms. The third-order valence-electron chi connectivity index (χ3n) is 3.08. The average molecular weight is 313 g/mol. The normalized spacial score (nSPS) is 10.6. The number of likely N-dealkylation sites (N-methyl/N-ethyl adjacent to an activating group) is 1. The molecule has 0 saturated heterocycles. The summed E-state index contributed by atoms with van der Waals surface area (Å²) in [5.41, 5.74) is -0.0749. The van der Waals surface area contributed by atoms with E-state index in [0.717, 1.165) is 12.1 Å². The molecule has 0 aliphatic rings. The highest BCUT2D eigenvalue weighted by Crippen LogP contribution is 2.15. The van der Waals surface area contributed by atoms with E-state index in [4.69, 9.17) is 0 Å². The lowest BCUT2D eigenvalue weighted by Gasteiger charge is -2.22. The van der Waals surface area contributed by atoms with Crippen molar-refractivity contribution >= 4 is 17.5 Å². The van der Waals surface area contributed by atoms with Gasteiger partial charge in [-0.1, -0.05) is 0 Å². The van der Waals surface area contributed by atoms with Gasteiger partial charge in [0.05, 0.1) is 5.69 Å². The van der Waals surface area contributed by atoms with Crippen LogP contribution in [0.4, 0.5) is 14.5 Å². The third-order valence-corrected chi connectivity index (χ3v) is 3.08. The summed E-state index contributed by atoms with van der Waals surface area (Å²) in [6.07, 6.45) is 0.0455. The maximum absolute atomic E-state index is 13.4. The zero-order valence-electron chi connectivity index (χ0n) is 13.0. The number of hydrogen-bond donors (Lipinski definition) is 1. The van der Waals surface area contributed by atoms with Crippen molar-refractivity contribution in [3.8, 4) is 0 Å². The van der Waals surface area contributed by atoms with Crippen LogP contribution in [-0.4, -0.2) is 55.3 Å². The Morgan fingerprint density at radius 2 is 1.82 bits per heavy atom. The van der Waals surface area contributed by atoms with E-state index in [9.17, 15) is 18.4 Å². The van der Waals surface area contributed by atoms with E-state index in [2.05, 4.69) is 5.32 Å². The van der Waals surface area contributed by atoms with Gasteiger partial charge in [-0.05, 0) is 26.2 Å². The molecule has 2 amide bonds. The third kappa shape index (κ3) is 6.17. The summed E-state index contributed by atoms with van der Waals surface area (Å²) in [5.74, 6) is -2.09. The van der Waals surface area contributed by atoms with Crippen LogP contribution in [0.5, 0.6) is 0 Å². The quantitative estimate of drug-likeness (QED) is 0.834. The van der Waals surface area contributed by atoms with Gasteiger partial charge in [-0.2, -0.15) is 0 Å². The van der Waals surface area contributed by atoms with E-state index in [-0.39, 0.29) is 24.6 Å². The van der Waals surface area contributed by atoms with E-state index in [0.29, 0.717) is 19.2 Å². The van der Waals surface area contributed by atoms with Crippen molar-refractivity contribution in [3.05, 3.63) is 29.8 Å². The number of carbonyl (C=O) groups excluding carboxylic acids is 2. The van der Waals surface area contributed by atoms with Crippen molar-refractivity contribution in [1.82, 2.24) is 9.80 Å². The Hall–Kier alpha value is -2.02. The summed E-state index contributed by atoms with van der Waals surface area (Å²) in [6.45, 7) is 2.89. The molecule has 1 rings (SSSR count). The monoisotopic (exact) mass is 313 g/mol. The minimum absolute atomic E-state index is 0.0455. The summed E-state index contributed by atoms with van der Waals surface area (Å²) >= 11 is 0. The van der Waals surface area contributed by atoms with Gasteiger partial charge in [0.15, 0.2) is 0 Å². The summed E-state index contributed by atoms with van der Waals surface area (Å²) in [4.78, 5) is 26.8. The van der Waals surface area contributed by atoms with Crippen LogP contribution in [-0.2, 0) is 9.59 Å². The lowest BCUT2D eigenvalue weighted by Crippen LogP contribution is -2.37. The van der Waals surface area contributed by atoms with Gasteiger partial charge in [-0.3, -0.25) is 9.59 Å². The first-order valence-corrected chi connectivity index (χ1v) is 6.94. The fourth-order valence-electron chi connectivity index (χ4n) is 1.79. The van der Waals surface area contributed by atoms with Gasteiger partial charge < -0.3 is 15.1 Å². The predicted molar refractivity (Wildman–Crippen MR) is 80.4 cm³/mol. The van der Waals surface area contributed by atoms with E-state index in [1.165, 1.54) is 6.92 Å². The highest BCUT2D eigenvalue weighted by molar-refractivity contribution is 5.91. The number of anilines is 1. The van der Waals surface area contributed by atoms with Crippen LogP contribution < -0.4 is 5.32 Å². The summed E-state index contributed by atoms with van der Waals surface area (Å²) in [6, 6.07) is 2.93. The average Bonchev–Trinajstić information content (AvgIpc) is 2.41. The van der Waals surface area contributed by atoms with E-state index < -0.39 is 17.5 Å². The van der Waals surface area contributed by atoms with Crippen molar-refractivity contribution in [2.75, 3.05) is 39.0 Å². The summed E-state index contributed by atoms with van der Waals surface area (Å²) < 4.78 is 26.2. The van der Waals surface area contributed by atoms with Gasteiger partial charge >= 0.3 is 0 Å². The smallest absolute Gasteiger partial charge is 0.226 e. The van der Waals surface area contributed by atoms with Crippen molar-refractivity contribution in [2.45, 2.75) is 13.3 Å². The van der Waals surface area contributed by atoms with Crippen LogP contribution in [0.1, 0.15) is 13.3 Å². The molecular weight excluding hydrogens is 292 g/mol. The number of hydrogen-bond acceptors (Lipinski definition) is 3. The maximum atomic E-state index is 13.4. The molecule has 0 fully saturated rings. The molecule has 0 saturated carbocycles. The van der Waals surface area contributed by atoms with E-state index >= 15 is 0 Å². The summed E-state index contributed by atoms with van der Waals surface area (Å²) in [5, 5.41) is 2.37. The number of amides is 2. The van der Waals surface area contributed by atoms with Crippen molar-refractivity contribution in [2.24, 2.45) is 0 Å². The minimum Gasteiger partial charge on any atom is -0.341 e. The molecule has 1 N–H and O–H groups in total. The summed E-state index contributed by atoms with van der Waals surface area (Å²) in [7, 11) is 3.78. The highest BCUT2D eigenvalue weighted by Gasteiger charge is 2.13. The first-order chi connectivity index (χ1) is 10.3. The van der Waals surface area contributed by atoms with Gasteiger partial charge in [-0.15, -0.1) is 0 Å². The first-order valence-electron chi connectivity index (χ1n) is 6.94. The van der Waals surface area contributed by atoms with Crippen LogP contribution >= 0.6 is 0 Å². The lowest BCUT2D eigenvalue weighted by molar-refractivity contribution is -0.129. The number of benzene rings is 1. The number of carbonyl (C=O) groups is 2. The topological polar surface area (TPSA) is 52.7 Å². The second-order valence-corrected chi connectivity index (χ2v) is 5.23. The van der Waals surface area contributed by atoms with Crippen LogP contribution in [0.25, 0.3) is 0 Å². The first kappa shape index (κ1) is 18.0. The van der Waals surface area contributed by atoms with Gasteiger partial charge in [0.25, 0.3) is 0 Å². The predicted octanol–water partition coefficient (Wildman–Crippen LogP) is 1.70. The van der Waals surface area contributed by atoms with Crippen molar-refractivity contribution < 1.29 is 18.4 Å². The zero-order chi connectivity index (χ0) is 16.7. The molecule has 0 heterocycles. The van der Waals surface area contributed by atoms with Gasteiger partial charge in [-0.25, -0.2) is 8.78 Å². The van der Waals surface area contributed by atoms with Gasteiger partial charge in [0.2, 0.25) is 11.8 Å². The lowest BCUT2D eigenvalue weighted by atomic mass is 10.2. The van der Waals surface area contributed by atoms with E-state index in [1.807, 2.05) is 19.0 Å². The van der Waals surface area contributed by atoms with E-state index in [1.54, 1.807) is 4.90 Å². The molecule has 122 valence electrons. The highest BCUT2D eigenvalue weighted by atomic mass is 19.1. The zero-order valence-corrected chi connectivity index (χ0v) is 13.0. The fraction of sp³-hybridized carbons (Fsp3) is 0.467. The molecule has 5 nitrogen and oxygen atoms in total. The number of halogens is 2. The van der Waals surface area contributed by atoms with Crippen LogP contribution in [0.2, 0.25) is 0 Å². The Bertz CT molecular complexity index is 536. The van der Waals surface area contributed by atoms with Crippen LogP contribution in [0.3, 0.4) is 0 Å². The molecule has 0 aliphatic carbocycles. The second kappa shape index (κ2) is 8.43. The Morgan fingerprint density at radius 1 is 1.14 bits per heavy atom. The Labute approximate surface area is 128 Å². The Balaban J connectivity index is 2.51. The number of rotatable bonds is 7. The molecule has 0 unspecified atom stereocenters. The molecule has 0 aromatic heterocycles. The molecule has 22 heavy (non-hydrogen) atoms. The molecular formula is C15H21F2N3O2. The largest absolute Gasteiger partial charge is 0.341 e. The maximum Gasteiger partial charge on any atom is 0.226 e. The van der Waals surface area contributed by atoms with Gasteiger partial charge in [0.1, 0.15) is 11.6 Å². The molecule has 0 aliphatic heterocycles. The van der Waals surface area contributed by atoms with Crippen LogP contribution in [0.15, 0.2) is 18.2 Å². The van der Waals surface area contributed by atoms with Crippen molar-refractivity contribution in [1.29, 1.82) is 0 Å². The van der Waals surface area contributed by atoms with Gasteiger partial charge in [0, 0.05) is 39.0 Å². The molecule has 7 heteroatoms. The molecule has 0 radical (unpaired) electrons. The molecule has 1 aromatic rings. The van der Waals surface area contributed by atoms with Crippen molar-refractivity contribution in [3.63, 3.8) is 0 Å². The Kier molecular flexibility index (Phi) is 6.91. The fourth-order valence-corrected chi connectivity index (χ4v) is 1.79. The minimum atomic E-state index is -0.829. The number of nitrogens with one attached hydrogen (secondary N) is 1. The standard InChI is InChI=1S/C15H21F2N3O2/c1-11(21)20(9-8-19(2)3)7-6-15(22)18-14-5-4-12(16)10-13(14)17/h4-5,10H,6-9H2,1-3H3,(H,18,22).